The van der Waals surface area contributed by atoms with Crippen LogP contribution in [-0.2, 0) is 11.2 Å². The maximum Gasteiger partial charge on any atom is 0.407 e. The van der Waals surface area contributed by atoms with Gasteiger partial charge in [-0.3, -0.25) is 9.88 Å². The van der Waals surface area contributed by atoms with Gasteiger partial charge in [0.25, 0.3) is 0 Å². The van der Waals surface area contributed by atoms with E-state index in [4.69, 9.17) is 14.5 Å². The van der Waals surface area contributed by atoms with Crippen LogP contribution in [0, 0.1) is 5.82 Å². The van der Waals surface area contributed by atoms with E-state index in [1.165, 1.54) is 6.20 Å². The second kappa shape index (κ2) is 11.5. The highest BCUT2D eigenvalue weighted by atomic mass is 19.1. The van der Waals surface area contributed by atoms with Crippen molar-refractivity contribution >= 4 is 33.6 Å². The second-order valence-electron chi connectivity index (χ2n) is 13.8. The molecule has 9 nitrogen and oxygen atoms in total. The first-order valence-electron chi connectivity index (χ1n) is 16.4. The molecule has 5 aliphatic heterocycles. The average Bonchev–Trinajstić information content (AvgIpc) is 3.56. The second-order valence-corrected chi connectivity index (χ2v) is 13.8. The molecule has 0 unspecified atom stereocenters. The highest BCUT2D eigenvalue weighted by Crippen LogP contribution is 2.41. The highest BCUT2D eigenvalue weighted by molar-refractivity contribution is 6.00. The van der Waals surface area contributed by atoms with Crippen LogP contribution in [0.25, 0.3) is 32.9 Å². The number of hydrogen-bond donors (Lipinski definition) is 1. The number of benzene rings is 2. The van der Waals surface area contributed by atoms with E-state index in [1.54, 1.807) is 11.8 Å². The summed E-state index contributed by atoms with van der Waals surface area (Å²) in [4.78, 5) is 30.7. The van der Waals surface area contributed by atoms with Gasteiger partial charge in [0.15, 0.2) is 5.82 Å². The SMILES string of the molecule is C[C@@]12C[C@@H](F)CN(C1)c1nc(OC[C@@]34CCCN3C[C@H](F)C4)nc3c(F)c(ncc13)-c1cccc3cccc(c13)CCCOC(=O)N2. The lowest BCUT2D eigenvalue weighted by atomic mass is 9.90. The van der Waals surface area contributed by atoms with E-state index in [0.29, 0.717) is 36.8 Å². The zero-order valence-electron chi connectivity index (χ0n) is 26.3. The van der Waals surface area contributed by atoms with Crippen LogP contribution in [0.15, 0.2) is 42.6 Å². The number of aryl methyl sites for hydroxylation is 1. The average molecular weight is 647 g/mol. The first-order chi connectivity index (χ1) is 22.7. The van der Waals surface area contributed by atoms with Crippen molar-refractivity contribution in [2.45, 2.75) is 68.9 Å². The van der Waals surface area contributed by atoms with Gasteiger partial charge in [-0.1, -0.05) is 36.4 Å². The molecule has 1 N–H and O–H groups in total. The van der Waals surface area contributed by atoms with Gasteiger partial charge in [-0.25, -0.2) is 18.0 Å². The minimum Gasteiger partial charge on any atom is -0.461 e. The third kappa shape index (κ3) is 5.40. The van der Waals surface area contributed by atoms with Gasteiger partial charge < -0.3 is 19.7 Å². The van der Waals surface area contributed by atoms with Crippen LogP contribution >= 0.6 is 0 Å². The Morgan fingerprint density at radius 1 is 1.09 bits per heavy atom. The molecule has 12 heteroatoms. The molecule has 4 atom stereocenters. The normalized spacial score (nSPS) is 28.0. The van der Waals surface area contributed by atoms with Gasteiger partial charge >= 0.3 is 12.1 Å². The lowest BCUT2D eigenvalue weighted by Crippen LogP contribution is -2.60. The number of rotatable bonds is 3. The molecule has 6 bridgehead atoms. The van der Waals surface area contributed by atoms with Crippen molar-refractivity contribution in [2.75, 3.05) is 44.3 Å². The Morgan fingerprint density at radius 3 is 2.79 bits per heavy atom. The van der Waals surface area contributed by atoms with Crippen molar-refractivity contribution in [1.29, 1.82) is 0 Å². The molecule has 7 heterocycles. The number of anilines is 1. The van der Waals surface area contributed by atoms with E-state index in [1.807, 2.05) is 36.4 Å². The number of ether oxygens (including phenoxy) is 2. The number of hydrogen-bond acceptors (Lipinski definition) is 8. The van der Waals surface area contributed by atoms with Crippen molar-refractivity contribution in [1.82, 2.24) is 25.2 Å². The number of aromatic nitrogens is 3. The molecule has 4 aromatic rings. The molecule has 5 aliphatic rings. The number of piperidine rings is 1. The molecule has 0 aliphatic carbocycles. The van der Waals surface area contributed by atoms with Crippen molar-refractivity contribution < 1.29 is 27.4 Å². The van der Waals surface area contributed by atoms with E-state index in [9.17, 15) is 9.18 Å². The quantitative estimate of drug-likeness (QED) is 0.294. The summed E-state index contributed by atoms with van der Waals surface area (Å²) >= 11 is 0. The summed E-state index contributed by atoms with van der Waals surface area (Å²) in [6.07, 6.45) is 1.93. The Hall–Kier alpha value is -4.19. The number of nitrogens with zero attached hydrogens (tertiary/aromatic N) is 5. The molecular formula is C35H37F3N6O3. The maximum atomic E-state index is 16.9. The Kier molecular flexibility index (Phi) is 7.38. The summed E-state index contributed by atoms with van der Waals surface area (Å²) in [7, 11) is 0. The van der Waals surface area contributed by atoms with Gasteiger partial charge in [-0.15, -0.1) is 0 Å². The molecule has 3 fully saturated rings. The van der Waals surface area contributed by atoms with E-state index in [2.05, 4.69) is 20.2 Å². The van der Waals surface area contributed by atoms with E-state index in [0.717, 1.165) is 35.7 Å². The maximum absolute atomic E-state index is 16.9. The number of amides is 1. The summed E-state index contributed by atoms with van der Waals surface area (Å²) < 4.78 is 58.7. The molecule has 2 aromatic heterocycles. The van der Waals surface area contributed by atoms with Crippen molar-refractivity contribution in [3.05, 3.63) is 54.0 Å². The number of carbonyl (C=O) groups excluding carboxylic acids is 1. The largest absolute Gasteiger partial charge is 0.461 e. The zero-order valence-corrected chi connectivity index (χ0v) is 26.3. The van der Waals surface area contributed by atoms with Crippen LogP contribution in [0.4, 0.5) is 23.8 Å². The van der Waals surface area contributed by atoms with Crippen LogP contribution in [0.5, 0.6) is 6.01 Å². The topological polar surface area (TPSA) is 92.7 Å². The van der Waals surface area contributed by atoms with Crippen LogP contribution in [0.2, 0.25) is 0 Å². The molecule has 0 radical (unpaired) electrons. The van der Waals surface area contributed by atoms with Crippen molar-refractivity contribution in [3.8, 4) is 17.3 Å². The molecule has 3 saturated heterocycles. The van der Waals surface area contributed by atoms with Gasteiger partial charge in [0.05, 0.1) is 29.6 Å². The lowest BCUT2D eigenvalue weighted by Gasteiger charge is -2.42. The molecule has 1 amide bonds. The third-order valence-corrected chi connectivity index (χ3v) is 10.3. The number of carbonyl (C=O) groups is 1. The first kappa shape index (κ1) is 30.2. The fourth-order valence-corrected chi connectivity index (χ4v) is 8.29. The van der Waals surface area contributed by atoms with Crippen LogP contribution < -0.4 is 15.0 Å². The predicted molar refractivity (Wildman–Crippen MR) is 172 cm³/mol. The third-order valence-electron chi connectivity index (χ3n) is 10.3. The van der Waals surface area contributed by atoms with Crippen LogP contribution in [-0.4, -0.2) is 88.8 Å². The Bertz CT molecular complexity index is 1870. The van der Waals surface area contributed by atoms with Gasteiger partial charge in [-0.05, 0) is 55.5 Å². The molecule has 0 spiro atoms. The van der Waals surface area contributed by atoms with Gasteiger partial charge in [0.1, 0.15) is 36.0 Å². The first-order valence-corrected chi connectivity index (χ1v) is 16.4. The predicted octanol–water partition coefficient (Wildman–Crippen LogP) is 5.92. The number of alkyl carbamates (subject to hydrolysis) is 1. The Labute approximate surface area is 270 Å². The van der Waals surface area contributed by atoms with E-state index < -0.39 is 35.3 Å². The van der Waals surface area contributed by atoms with Gasteiger partial charge in [0, 0.05) is 37.7 Å². The summed E-state index contributed by atoms with van der Waals surface area (Å²) in [5, 5.41) is 4.96. The standard InChI is InChI=1S/C35H37F3N6O3/c1-34-14-23(36)17-43(19-34)31-26-16-39-29(25-10-3-8-21-6-2-7-22(27(21)25)9-4-13-46-33(45)42-34)28(38)30(26)40-32(41-31)47-20-35-11-5-12-44(35)18-24(37)15-35/h2-3,6-8,10,16,23-24H,4-5,9,11-15,17-20H2,1H3,(H,42,45)/t23-,24-,34-,35+/m1/s1. The minimum atomic E-state index is -1.32. The number of fused-ring (bicyclic) bond motifs is 7. The van der Waals surface area contributed by atoms with Crippen molar-refractivity contribution in [3.63, 3.8) is 0 Å². The minimum absolute atomic E-state index is 0.000535. The number of halogens is 3. The van der Waals surface area contributed by atoms with Crippen molar-refractivity contribution in [2.24, 2.45) is 0 Å². The number of nitrogens with one attached hydrogen (secondary N) is 1. The summed E-state index contributed by atoms with van der Waals surface area (Å²) in [6, 6.07) is 11.5. The Balaban J connectivity index is 1.30. The summed E-state index contributed by atoms with van der Waals surface area (Å²) in [6.45, 7) is 3.39. The summed E-state index contributed by atoms with van der Waals surface area (Å²) in [5.41, 5.74) is 0.239. The van der Waals surface area contributed by atoms with Crippen LogP contribution in [0.3, 0.4) is 0 Å². The smallest absolute Gasteiger partial charge is 0.407 e. The monoisotopic (exact) mass is 646 g/mol. The van der Waals surface area contributed by atoms with Gasteiger partial charge in [0.2, 0.25) is 0 Å². The molecule has 2 aromatic carbocycles. The van der Waals surface area contributed by atoms with Crippen LogP contribution in [0.1, 0.15) is 44.6 Å². The molecule has 9 rings (SSSR count). The molecule has 0 saturated carbocycles. The lowest BCUT2D eigenvalue weighted by molar-refractivity contribution is 0.107. The fourth-order valence-electron chi connectivity index (χ4n) is 8.29. The van der Waals surface area contributed by atoms with E-state index in [-0.39, 0.29) is 55.8 Å². The van der Waals surface area contributed by atoms with E-state index >= 15 is 8.78 Å². The fraction of sp³-hybridized carbons (Fsp3) is 0.486. The highest BCUT2D eigenvalue weighted by Gasteiger charge is 2.49. The zero-order chi connectivity index (χ0) is 32.3. The number of alkyl halides is 2. The Morgan fingerprint density at radius 2 is 1.91 bits per heavy atom. The molecule has 47 heavy (non-hydrogen) atoms. The summed E-state index contributed by atoms with van der Waals surface area (Å²) in [5.74, 6) is -0.383. The molecular weight excluding hydrogens is 609 g/mol. The van der Waals surface area contributed by atoms with Gasteiger partial charge in [-0.2, -0.15) is 9.97 Å². The number of pyridine rings is 1. The molecule has 246 valence electrons.